The number of hydrogen-bond acceptors (Lipinski definition) is 3. The summed E-state index contributed by atoms with van der Waals surface area (Å²) < 4.78 is 0. The van der Waals surface area contributed by atoms with E-state index in [0.29, 0.717) is 0 Å². The van der Waals surface area contributed by atoms with Crippen LogP contribution in [0.25, 0.3) is 0 Å². The van der Waals surface area contributed by atoms with E-state index in [4.69, 9.17) is 0 Å². The van der Waals surface area contributed by atoms with E-state index in [2.05, 4.69) is 68.8 Å². The maximum absolute atomic E-state index is 4.10. The zero-order valence-corrected chi connectivity index (χ0v) is 6.22. The molecule has 0 fully saturated rings. The maximum atomic E-state index is 4.10. The molecule has 0 saturated carbocycles. The molecule has 0 spiro atoms. The van der Waals surface area contributed by atoms with Crippen LogP contribution in [0.5, 0.6) is 0 Å². The van der Waals surface area contributed by atoms with Crippen molar-refractivity contribution >= 4 is 12.6 Å². The van der Waals surface area contributed by atoms with Crippen molar-refractivity contribution in [3.8, 4) is 0 Å². The lowest BCUT2D eigenvalue weighted by molar-refractivity contribution is 0.161. The first kappa shape index (κ1) is 9.60. The van der Waals surface area contributed by atoms with Crippen LogP contribution in [0.1, 0.15) is 0 Å². The molecule has 0 aliphatic carbocycles. The van der Waals surface area contributed by atoms with E-state index >= 15 is 0 Å². The molecule has 0 saturated heterocycles. The lowest BCUT2D eigenvalue weighted by Crippen LogP contribution is -1.59. The Morgan fingerprint density at radius 3 is 2.33 bits per heavy atom. The van der Waals surface area contributed by atoms with Crippen molar-refractivity contribution in [2.24, 2.45) is 10.3 Å². The quantitative estimate of drug-likeness (QED) is 0.337. The van der Waals surface area contributed by atoms with E-state index < -0.39 is 0 Å². The molecule has 0 heterocycles. The van der Waals surface area contributed by atoms with Gasteiger partial charge in [-0.3, -0.25) is 0 Å². The van der Waals surface area contributed by atoms with Crippen molar-refractivity contribution in [1.29, 1.82) is 0 Å². The Morgan fingerprint density at radius 1 is 1.00 bits per heavy atom. The number of nitrogens with zero attached hydrogens (tertiary/aromatic N) is 2. The van der Waals surface area contributed by atoms with Crippen molar-refractivity contribution in [3.05, 3.63) is 41.0 Å². The van der Waals surface area contributed by atoms with E-state index in [1.165, 1.54) is 0 Å². The van der Waals surface area contributed by atoms with Crippen molar-refractivity contribution in [2.45, 2.75) is 0 Å². The number of oxime groups is 1. The molecule has 0 aliphatic heterocycles. The topological polar surface area (TPSA) is 34.0 Å². The van der Waals surface area contributed by atoms with Crippen LogP contribution in [0.3, 0.4) is 0 Å². The summed E-state index contributed by atoms with van der Waals surface area (Å²) in [5.74, 6) is 2.20. The molecule has 3 heteroatoms. The molecule has 0 aromatic carbocycles. The van der Waals surface area contributed by atoms with Gasteiger partial charge in [-0.15, -0.1) is 0 Å². The van der Waals surface area contributed by atoms with Crippen LogP contribution < -0.4 is 0 Å². The average molecular weight is 156 g/mol. The summed E-state index contributed by atoms with van der Waals surface area (Å²) in [5, 5.41) is 6.11. The Balaban J connectivity index is 4.75. The molecule has 0 aromatic heterocycles. The van der Waals surface area contributed by atoms with E-state index in [1.54, 1.807) is 0 Å². The summed E-state index contributed by atoms with van der Waals surface area (Å²) in [7, 11) is 0. The Hall–Kier alpha value is -2.40. The first-order valence-electron chi connectivity index (χ1n) is 2.76. The predicted molar refractivity (Wildman–Crippen MR) is 44.8 cm³/mol. The van der Waals surface area contributed by atoms with E-state index in [0.717, 1.165) is 0 Å². The third kappa shape index (κ3) is 7.60. The van der Waals surface area contributed by atoms with Gasteiger partial charge in [-0.25, -0.2) is 4.94 Å². The van der Waals surface area contributed by atoms with Crippen LogP contribution >= 0.6 is 0 Å². The molecule has 0 amide bonds. The van der Waals surface area contributed by atoms with Crippen LogP contribution in [-0.4, -0.2) is 12.6 Å². The van der Waals surface area contributed by atoms with Gasteiger partial charge in [-0.05, 0) is 18.0 Å². The second-order valence-electron chi connectivity index (χ2n) is 1.22. The lowest BCUT2D eigenvalue weighted by atomic mass is 10.7. The predicted octanol–water partition coefficient (Wildman–Crippen LogP) is 1.32. The molecular formula is C9H4N2O. The zero-order chi connectivity index (χ0) is 9.07. The van der Waals surface area contributed by atoms with E-state index in [1.807, 2.05) is 0 Å². The fourth-order valence-electron chi connectivity index (χ4n) is 0.238. The molecule has 0 atom stereocenters. The first-order chi connectivity index (χ1) is 5.91. The highest BCUT2D eigenvalue weighted by atomic mass is 16.8. The van der Waals surface area contributed by atoms with E-state index in [9.17, 15) is 0 Å². The first-order valence-corrected chi connectivity index (χ1v) is 2.76. The Bertz CT molecular complexity index is 405. The molecular weight excluding hydrogens is 152 g/mol. The fraction of sp³-hybridized carbons (Fsp3) is 0. The summed E-state index contributed by atoms with van der Waals surface area (Å²) in [6.45, 7) is 6.27. The van der Waals surface area contributed by atoms with Gasteiger partial charge in [0.05, 0.1) is 5.87 Å². The highest BCUT2D eigenvalue weighted by molar-refractivity contribution is 5.49. The Morgan fingerprint density at radius 2 is 1.67 bits per heavy atom. The third-order valence-electron chi connectivity index (χ3n) is 0.538. The molecule has 0 aromatic rings. The van der Waals surface area contributed by atoms with Gasteiger partial charge in [0.25, 0.3) is 0 Å². The van der Waals surface area contributed by atoms with Crippen molar-refractivity contribution in [3.63, 3.8) is 0 Å². The van der Waals surface area contributed by atoms with Crippen LogP contribution in [0.2, 0.25) is 0 Å². The summed E-state index contributed by atoms with van der Waals surface area (Å²) in [6.07, 6.45) is 0. The summed E-state index contributed by atoms with van der Waals surface area (Å²) in [6, 6.07) is 0. The fourth-order valence-corrected chi connectivity index (χ4v) is 0.238. The summed E-state index contributed by atoms with van der Waals surface area (Å²) in [4.78, 5) is 4.10. The van der Waals surface area contributed by atoms with Gasteiger partial charge in [0.1, 0.15) is 0 Å². The Kier molecular flexibility index (Phi) is 6.88. The van der Waals surface area contributed by atoms with Gasteiger partial charge in [0.2, 0.25) is 0 Å². The zero-order valence-electron chi connectivity index (χ0n) is 6.22. The molecule has 0 N–H and O–H groups in total. The largest absolute Gasteiger partial charge is 0.236 e. The number of rotatable bonds is 2. The Labute approximate surface area is 69.6 Å². The third-order valence-corrected chi connectivity index (χ3v) is 0.538. The van der Waals surface area contributed by atoms with Crippen LogP contribution in [0.4, 0.5) is 0 Å². The molecule has 3 nitrogen and oxygen atoms in total. The van der Waals surface area contributed by atoms with E-state index in [-0.39, 0.29) is 0 Å². The van der Waals surface area contributed by atoms with Crippen molar-refractivity contribution in [2.75, 3.05) is 0 Å². The van der Waals surface area contributed by atoms with Gasteiger partial charge >= 0.3 is 0 Å². The standard InChI is InChI=1S/C9H4N2O/c1-3-4-5-6-7-8-9-11-12-10-2/h1-2H2. The normalized spacial score (nSPS) is 4.67. The molecule has 12 heavy (non-hydrogen) atoms. The van der Waals surface area contributed by atoms with Crippen LogP contribution in [-0.2, 0) is 4.94 Å². The minimum atomic E-state index is 2.20. The second kappa shape index (κ2) is 8.60. The molecule has 56 valence electrons. The molecule has 0 rings (SSSR count). The molecule has 0 radical (unpaired) electrons. The van der Waals surface area contributed by atoms with Gasteiger partial charge in [0.15, 0.2) is 0 Å². The SMILES string of the molecule is C=C=C=C=C=C=C=C=NON=C. The summed E-state index contributed by atoms with van der Waals surface area (Å²) in [5.41, 5.74) is 14.3. The minimum absolute atomic E-state index is 2.20. The van der Waals surface area contributed by atoms with Crippen molar-refractivity contribution < 1.29 is 4.94 Å². The molecule has 0 unspecified atom stereocenters. The van der Waals surface area contributed by atoms with Crippen LogP contribution in [0.15, 0.2) is 51.3 Å². The smallest absolute Gasteiger partial charge is 0.0929 e. The van der Waals surface area contributed by atoms with Crippen molar-refractivity contribution in [1.82, 2.24) is 0 Å². The highest BCUT2D eigenvalue weighted by Gasteiger charge is 1.54. The molecule has 0 bridgehead atoms. The maximum Gasteiger partial charge on any atom is 0.0929 e. The van der Waals surface area contributed by atoms with Gasteiger partial charge in [-0.1, -0.05) is 10.9 Å². The van der Waals surface area contributed by atoms with Crippen LogP contribution in [0, 0.1) is 0 Å². The van der Waals surface area contributed by atoms with Gasteiger partial charge < -0.3 is 0 Å². The average Bonchev–Trinajstić information content (AvgIpc) is 2.10. The lowest BCUT2D eigenvalue weighted by Gasteiger charge is -1.71. The molecule has 0 aliphatic rings. The van der Waals surface area contributed by atoms with Gasteiger partial charge in [-0.2, -0.15) is 0 Å². The summed E-state index contributed by atoms with van der Waals surface area (Å²) >= 11 is 0. The highest BCUT2D eigenvalue weighted by Crippen LogP contribution is 1.66. The van der Waals surface area contributed by atoms with Gasteiger partial charge in [0, 0.05) is 29.1 Å². The number of hydrogen-bond donors (Lipinski definition) is 0. The minimum Gasteiger partial charge on any atom is -0.236 e. The second-order valence-corrected chi connectivity index (χ2v) is 1.22. The monoisotopic (exact) mass is 156 g/mol.